The molecule has 17 heavy (non-hydrogen) atoms. The Labute approximate surface area is 105 Å². The minimum Gasteiger partial charge on any atom is -0.397 e. The van der Waals surface area contributed by atoms with Crippen molar-refractivity contribution in [1.29, 1.82) is 0 Å². The average Bonchev–Trinajstić information content (AvgIpc) is 2.29. The van der Waals surface area contributed by atoms with E-state index in [1.807, 2.05) is 0 Å². The molecule has 88 valence electrons. The van der Waals surface area contributed by atoms with Gasteiger partial charge >= 0.3 is 0 Å². The third kappa shape index (κ3) is 2.71. The highest BCUT2D eigenvalue weighted by Gasteiger charge is 2.08. The summed E-state index contributed by atoms with van der Waals surface area (Å²) in [5.41, 5.74) is 5.98. The molecule has 0 spiro atoms. The predicted molar refractivity (Wildman–Crippen MR) is 66.0 cm³/mol. The van der Waals surface area contributed by atoms with E-state index in [4.69, 9.17) is 5.73 Å². The number of benzene rings is 1. The summed E-state index contributed by atoms with van der Waals surface area (Å²) in [7, 11) is 0. The van der Waals surface area contributed by atoms with Crippen LogP contribution >= 0.6 is 15.9 Å². The third-order valence-corrected chi connectivity index (χ3v) is 2.67. The standard InChI is InChI=1S/C11H8BrF2N3/c12-7-3-9(14)10(4-8(7)13)17-11-2-1-6(15)5-16-11/h1-5H,15H2,(H,16,17). The van der Waals surface area contributed by atoms with Gasteiger partial charge in [-0.3, -0.25) is 0 Å². The Morgan fingerprint density at radius 1 is 1.18 bits per heavy atom. The van der Waals surface area contributed by atoms with E-state index in [2.05, 4.69) is 26.2 Å². The Bertz CT molecular complexity index is 543. The fourth-order valence-electron chi connectivity index (χ4n) is 1.24. The Balaban J connectivity index is 2.30. The van der Waals surface area contributed by atoms with Gasteiger partial charge in [-0.15, -0.1) is 0 Å². The molecule has 3 nitrogen and oxygen atoms in total. The molecule has 0 aliphatic heterocycles. The molecule has 0 saturated carbocycles. The number of hydrogen-bond donors (Lipinski definition) is 2. The summed E-state index contributed by atoms with van der Waals surface area (Å²) in [6.07, 6.45) is 1.43. The average molecular weight is 300 g/mol. The van der Waals surface area contributed by atoms with Crippen molar-refractivity contribution in [2.45, 2.75) is 0 Å². The van der Waals surface area contributed by atoms with Crippen molar-refractivity contribution >= 4 is 33.1 Å². The summed E-state index contributed by atoms with van der Waals surface area (Å²) in [6, 6.07) is 5.30. The van der Waals surface area contributed by atoms with Gasteiger partial charge in [-0.1, -0.05) is 0 Å². The number of anilines is 3. The van der Waals surface area contributed by atoms with Gasteiger partial charge in [0.25, 0.3) is 0 Å². The van der Waals surface area contributed by atoms with Crippen LogP contribution in [0.1, 0.15) is 0 Å². The number of pyridine rings is 1. The van der Waals surface area contributed by atoms with Crippen LogP contribution in [-0.2, 0) is 0 Å². The molecule has 0 aliphatic rings. The molecule has 0 atom stereocenters. The molecule has 1 aromatic carbocycles. The molecule has 0 amide bonds. The monoisotopic (exact) mass is 299 g/mol. The zero-order chi connectivity index (χ0) is 12.4. The molecule has 0 aliphatic carbocycles. The highest BCUT2D eigenvalue weighted by Crippen LogP contribution is 2.25. The number of rotatable bonds is 2. The Morgan fingerprint density at radius 2 is 1.94 bits per heavy atom. The van der Waals surface area contributed by atoms with Gasteiger partial charge < -0.3 is 11.1 Å². The van der Waals surface area contributed by atoms with Crippen LogP contribution in [0.5, 0.6) is 0 Å². The molecule has 0 unspecified atom stereocenters. The predicted octanol–water partition coefficient (Wildman–Crippen LogP) is 3.45. The zero-order valence-electron chi connectivity index (χ0n) is 8.55. The minimum absolute atomic E-state index is 0.0166. The van der Waals surface area contributed by atoms with E-state index in [0.29, 0.717) is 11.5 Å². The summed E-state index contributed by atoms with van der Waals surface area (Å²) >= 11 is 2.90. The molecule has 6 heteroatoms. The molecule has 0 fully saturated rings. The van der Waals surface area contributed by atoms with E-state index >= 15 is 0 Å². The summed E-state index contributed by atoms with van der Waals surface area (Å²) in [4.78, 5) is 3.93. The van der Waals surface area contributed by atoms with Crippen LogP contribution in [0.15, 0.2) is 34.9 Å². The second-order valence-corrected chi connectivity index (χ2v) is 4.20. The van der Waals surface area contributed by atoms with E-state index < -0.39 is 11.6 Å². The lowest BCUT2D eigenvalue weighted by Crippen LogP contribution is -1.98. The van der Waals surface area contributed by atoms with Crippen molar-refractivity contribution in [3.05, 3.63) is 46.6 Å². The van der Waals surface area contributed by atoms with Crippen LogP contribution in [0, 0.1) is 11.6 Å². The topological polar surface area (TPSA) is 50.9 Å². The van der Waals surface area contributed by atoms with Crippen molar-refractivity contribution in [2.75, 3.05) is 11.1 Å². The quantitative estimate of drug-likeness (QED) is 0.835. The first-order valence-electron chi connectivity index (χ1n) is 4.69. The van der Waals surface area contributed by atoms with E-state index in [1.165, 1.54) is 6.20 Å². The van der Waals surface area contributed by atoms with Crippen molar-refractivity contribution in [1.82, 2.24) is 4.98 Å². The largest absolute Gasteiger partial charge is 0.397 e. The lowest BCUT2D eigenvalue weighted by Gasteiger charge is -2.07. The fourth-order valence-corrected chi connectivity index (χ4v) is 1.55. The highest BCUT2D eigenvalue weighted by molar-refractivity contribution is 9.10. The molecule has 3 N–H and O–H groups in total. The molecule has 1 heterocycles. The number of nitrogens with one attached hydrogen (secondary N) is 1. The number of halogens is 3. The first-order chi connectivity index (χ1) is 8.06. The van der Waals surface area contributed by atoms with E-state index in [0.717, 1.165) is 12.1 Å². The van der Waals surface area contributed by atoms with Crippen molar-refractivity contribution in [3.63, 3.8) is 0 Å². The van der Waals surface area contributed by atoms with Crippen molar-refractivity contribution < 1.29 is 8.78 Å². The third-order valence-electron chi connectivity index (χ3n) is 2.06. The fraction of sp³-hybridized carbons (Fsp3) is 0. The zero-order valence-corrected chi connectivity index (χ0v) is 10.1. The smallest absolute Gasteiger partial charge is 0.148 e. The Morgan fingerprint density at radius 3 is 2.59 bits per heavy atom. The van der Waals surface area contributed by atoms with Crippen LogP contribution in [0.25, 0.3) is 0 Å². The van der Waals surface area contributed by atoms with E-state index in [1.54, 1.807) is 12.1 Å². The maximum atomic E-state index is 13.5. The summed E-state index contributed by atoms with van der Waals surface area (Å²) in [6.45, 7) is 0. The van der Waals surface area contributed by atoms with Gasteiger partial charge in [0.1, 0.15) is 17.5 Å². The van der Waals surface area contributed by atoms with E-state index in [-0.39, 0.29) is 10.2 Å². The van der Waals surface area contributed by atoms with Gasteiger partial charge in [0.2, 0.25) is 0 Å². The van der Waals surface area contributed by atoms with E-state index in [9.17, 15) is 8.78 Å². The number of nitrogens with zero attached hydrogens (tertiary/aromatic N) is 1. The summed E-state index contributed by atoms with van der Waals surface area (Å²) < 4.78 is 26.8. The summed E-state index contributed by atoms with van der Waals surface area (Å²) in [5.74, 6) is -0.735. The second-order valence-electron chi connectivity index (χ2n) is 3.35. The molecule has 0 radical (unpaired) electrons. The Hall–Kier alpha value is -1.69. The van der Waals surface area contributed by atoms with Gasteiger partial charge in [-0.25, -0.2) is 13.8 Å². The van der Waals surface area contributed by atoms with Gasteiger partial charge in [0.05, 0.1) is 22.0 Å². The second kappa shape index (κ2) is 4.67. The molecular weight excluding hydrogens is 292 g/mol. The van der Waals surface area contributed by atoms with Gasteiger partial charge in [-0.2, -0.15) is 0 Å². The molecular formula is C11H8BrF2N3. The maximum Gasteiger partial charge on any atom is 0.148 e. The SMILES string of the molecule is Nc1ccc(Nc2cc(F)c(Br)cc2F)nc1. The maximum absolute atomic E-state index is 13.5. The van der Waals surface area contributed by atoms with Crippen molar-refractivity contribution in [2.24, 2.45) is 0 Å². The van der Waals surface area contributed by atoms with Crippen LogP contribution in [0.2, 0.25) is 0 Å². The van der Waals surface area contributed by atoms with Crippen molar-refractivity contribution in [3.8, 4) is 0 Å². The number of aromatic nitrogens is 1. The molecule has 1 aromatic heterocycles. The van der Waals surface area contributed by atoms with Crippen LogP contribution in [-0.4, -0.2) is 4.98 Å². The lowest BCUT2D eigenvalue weighted by atomic mass is 10.3. The molecule has 2 rings (SSSR count). The number of nitrogen functional groups attached to an aromatic ring is 1. The minimum atomic E-state index is -0.572. The summed E-state index contributed by atoms with van der Waals surface area (Å²) in [5, 5.41) is 2.66. The number of nitrogens with two attached hydrogens (primary N) is 1. The first kappa shape index (κ1) is 11.8. The molecule has 0 saturated heterocycles. The van der Waals surface area contributed by atoms with Gasteiger partial charge in [-0.05, 0) is 34.1 Å². The van der Waals surface area contributed by atoms with Crippen LogP contribution in [0.3, 0.4) is 0 Å². The number of hydrogen-bond acceptors (Lipinski definition) is 3. The molecule has 2 aromatic rings. The van der Waals surface area contributed by atoms with Crippen LogP contribution in [0.4, 0.5) is 26.0 Å². The highest BCUT2D eigenvalue weighted by atomic mass is 79.9. The Kier molecular flexibility index (Phi) is 3.23. The van der Waals surface area contributed by atoms with Crippen LogP contribution < -0.4 is 11.1 Å². The van der Waals surface area contributed by atoms with Gasteiger partial charge in [0.15, 0.2) is 0 Å². The molecule has 0 bridgehead atoms. The first-order valence-corrected chi connectivity index (χ1v) is 5.48. The van der Waals surface area contributed by atoms with Gasteiger partial charge in [0, 0.05) is 6.07 Å². The lowest BCUT2D eigenvalue weighted by molar-refractivity contribution is 0.598. The normalized spacial score (nSPS) is 10.3.